The highest BCUT2D eigenvalue weighted by Gasteiger charge is 2.18. The molecule has 0 aliphatic rings. The van der Waals surface area contributed by atoms with Crippen LogP contribution in [-0.2, 0) is 42.7 Å². The number of carbonyl (C=O) groups excluding carboxylic acids is 2. The maximum Gasteiger partial charge on any atom is 0.373 e. The van der Waals surface area contributed by atoms with Crippen molar-refractivity contribution < 1.29 is 50.5 Å². The molecule has 274 valence electrons. The number of ether oxygens (including phenoxy) is 5. The van der Waals surface area contributed by atoms with Gasteiger partial charge in [-0.15, -0.1) is 0 Å². The normalized spacial score (nSPS) is 11.6. The molecule has 0 saturated carbocycles. The van der Waals surface area contributed by atoms with Crippen LogP contribution in [-0.4, -0.2) is 79.5 Å². The van der Waals surface area contributed by atoms with E-state index in [0.29, 0.717) is 61.6 Å². The second-order valence-electron chi connectivity index (χ2n) is 9.86. The number of pyridine rings is 2. The number of nitrogens with one attached hydrogen (secondary N) is 3. The standard InChI is InChI=1S/C16H16FN3O4S.C15H14FN3O4S.CO2/c1-22-14-5-6-18-13(15(14)23-2)8-25(21)16-19-11-4-3-10(24-9-17)7-12(11)20-16;1-22-14-12(17-5-4-13(14)20)7-24(21)15-18-10-3-2-9(23-8-16)6-11(10)19-15;2-1-3/h3-7H,8-9H2,1-2H3,(H,19,20);2-6H,7-8H2,1H3,(H,17,20)(H,18,19);/i1+1;;1+1. The quantitative estimate of drug-likeness (QED) is 0.143. The van der Waals surface area contributed by atoms with Gasteiger partial charge in [-0.2, -0.15) is 9.59 Å². The Labute approximate surface area is 297 Å². The number of halogens is 2. The van der Waals surface area contributed by atoms with E-state index in [-0.39, 0.29) is 34.0 Å². The van der Waals surface area contributed by atoms with E-state index in [1.165, 1.54) is 33.6 Å². The zero-order valence-electron chi connectivity index (χ0n) is 27.6. The summed E-state index contributed by atoms with van der Waals surface area (Å²) in [7, 11) is 1.39. The molecule has 6 aromatic rings. The molecule has 2 aromatic carbocycles. The Bertz CT molecular complexity index is 2270. The lowest BCUT2D eigenvalue weighted by Gasteiger charge is -2.10. The van der Waals surface area contributed by atoms with E-state index in [4.69, 9.17) is 33.3 Å². The monoisotopic (exact) mass is 762 g/mol. The lowest BCUT2D eigenvalue weighted by Crippen LogP contribution is -2.11. The number of hydrogen-bond acceptors (Lipinski definition) is 13. The van der Waals surface area contributed by atoms with Gasteiger partial charge in [0, 0.05) is 36.7 Å². The van der Waals surface area contributed by atoms with Crippen LogP contribution in [0.1, 0.15) is 11.4 Å². The van der Waals surface area contributed by atoms with Crippen LogP contribution >= 0.6 is 0 Å². The van der Waals surface area contributed by atoms with Crippen LogP contribution < -0.4 is 29.1 Å². The number of nitrogens with zero attached hydrogens (tertiary/aromatic N) is 3. The van der Waals surface area contributed by atoms with Crippen LogP contribution in [0.4, 0.5) is 8.78 Å². The molecule has 0 bridgehead atoms. The predicted octanol–water partition coefficient (Wildman–Crippen LogP) is 3.88. The summed E-state index contributed by atoms with van der Waals surface area (Å²) in [6.07, 6.45) is 3.28. The van der Waals surface area contributed by atoms with Gasteiger partial charge >= 0.3 is 6.15 Å². The molecule has 2 unspecified atom stereocenters. The predicted molar refractivity (Wildman–Crippen MR) is 182 cm³/mol. The van der Waals surface area contributed by atoms with Crippen LogP contribution in [0.5, 0.6) is 28.7 Å². The topological polar surface area (TPSA) is 218 Å². The van der Waals surface area contributed by atoms with Gasteiger partial charge in [0.15, 0.2) is 27.6 Å². The molecule has 0 aliphatic heterocycles. The Morgan fingerprint density at radius 3 is 1.79 bits per heavy atom. The van der Waals surface area contributed by atoms with Gasteiger partial charge in [-0.3, -0.25) is 18.2 Å². The molecule has 0 amide bonds. The zero-order valence-corrected chi connectivity index (χ0v) is 29.2. The molecule has 0 saturated heterocycles. The first-order valence-electron chi connectivity index (χ1n) is 14.6. The van der Waals surface area contributed by atoms with Crippen molar-refractivity contribution in [3.05, 3.63) is 82.5 Å². The fraction of sp³-hybridized carbons (Fsp3) is 0.219. The summed E-state index contributed by atoms with van der Waals surface area (Å²) in [5.74, 6) is 1.93. The fourth-order valence-electron chi connectivity index (χ4n) is 4.64. The van der Waals surface area contributed by atoms with Gasteiger partial charge < -0.3 is 38.6 Å². The largest absolute Gasteiger partial charge is 0.493 e. The van der Waals surface area contributed by atoms with Crippen molar-refractivity contribution in [3.63, 3.8) is 0 Å². The summed E-state index contributed by atoms with van der Waals surface area (Å²) in [4.78, 5) is 49.5. The average molecular weight is 763 g/mol. The molecule has 0 radical (unpaired) electrons. The van der Waals surface area contributed by atoms with E-state index in [1.54, 1.807) is 48.7 Å². The molecule has 6 rings (SSSR count). The maximum absolute atomic E-state index is 12.7. The smallest absolute Gasteiger partial charge is 0.373 e. The van der Waals surface area contributed by atoms with Gasteiger partial charge in [-0.05, 0) is 24.3 Å². The van der Waals surface area contributed by atoms with Crippen molar-refractivity contribution in [1.82, 2.24) is 29.9 Å². The van der Waals surface area contributed by atoms with Crippen molar-refractivity contribution in [2.75, 3.05) is 35.1 Å². The summed E-state index contributed by atoms with van der Waals surface area (Å²) in [5, 5.41) is 0.535. The molecule has 16 nitrogen and oxygen atoms in total. The molecule has 3 N–H and O–H groups in total. The summed E-state index contributed by atoms with van der Waals surface area (Å²) in [6, 6.07) is 12.7. The van der Waals surface area contributed by atoms with E-state index < -0.39 is 35.3 Å². The van der Waals surface area contributed by atoms with Gasteiger partial charge in [0.25, 0.3) is 0 Å². The SMILES string of the molecule is COc1c(CS(=O)c2nc3ccc(OCF)cc3[nH]2)[nH]ccc1=O.COc1c(O[13CH3])ccnc1CS(=O)c1nc2ccc(OCF)cc2[nH]1.O=[13C]=O. The van der Waals surface area contributed by atoms with E-state index in [1.807, 2.05) is 0 Å². The Morgan fingerprint density at radius 1 is 0.750 bits per heavy atom. The molecular formula is C32H30F2N6O10S2. The van der Waals surface area contributed by atoms with Crippen LogP contribution in [0.3, 0.4) is 0 Å². The summed E-state index contributed by atoms with van der Waals surface area (Å²) < 4.78 is 74.8. The number of hydrogen-bond donors (Lipinski definition) is 3. The third-order valence-corrected chi connectivity index (χ3v) is 9.18. The zero-order chi connectivity index (χ0) is 37.6. The summed E-state index contributed by atoms with van der Waals surface area (Å²) in [5.41, 5.74) is 3.02. The Hall–Kier alpha value is -5.98. The summed E-state index contributed by atoms with van der Waals surface area (Å²) >= 11 is 0. The lowest BCUT2D eigenvalue weighted by atomic mass is 10.3. The van der Waals surface area contributed by atoms with Gasteiger partial charge in [0.1, 0.15) is 11.5 Å². The van der Waals surface area contributed by atoms with E-state index in [9.17, 15) is 22.0 Å². The van der Waals surface area contributed by atoms with Crippen LogP contribution in [0.15, 0.2) is 76.0 Å². The minimum absolute atomic E-state index is 0.0346. The van der Waals surface area contributed by atoms with Crippen molar-refractivity contribution in [2.45, 2.75) is 21.8 Å². The van der Waals surface area contributed by atoms with Gasteiger partial charge in [0.05, 0.1) is 87.9 Å². The minimum atomic E-state index is -1.53. The molecular weight excluding hydrogens is 732 g/mol. The van der Waals surface area contributed by atoms with Gasteiger partial charge in [0.2, 0.25) is 19.2 Å². The maximum atomic E-state index is 12.7. The summed E-state index contributed by atoms with van der Waals surface area (Å²) in [6.45, 7) is -1.85. The van der Waals surface area contributed by atoms with Crippen LogP contribution in [0, 0.1) is 0 Å². The van der Waals surface area contributed by atoms with E-state index in [2.05, 4.69) is 29.9 Å². The van der Waals surface area contributed by atoms with E-state index >= 15 is 0 Å². The highest BCUT2D eigenvalue weighted by molar-refractivity contribution is 7.84. The lowest BCUT2D eigenvalue weighted by molar-refractivity contribution is -0.191. The number of aromatic nitrogens is 6. The van der Waals surface area contributed by atoms with Gasteiger partial charge in [-0.25, -0.2) is 18.7 Å². The Balaban J connectivity index is 0.000000217. The highest BCUT2D eigenvalue weighted by Crippen LogP contribution is 2.31. The Morgan fingerprint density at radius 2 is 1.29 bits per heavy atom. The first-order chi connectivity index (χ1) is 25.2. The number of benzene rings is 2. The fourth-order valence-corrected chi connectivity index (χ4v) is 6.69. The van der Waals surface area contributed by atoms with Crippen LogP contribution in [0.2, 0.25) is 0 Å². The molecule has 0 fully saturated rings. The minimum Gasteiger partial charge on any atom is -0.493 e. The first kappa shape index (κ1) is 38.8. The number of rotatable bonds is 13. The molecule has 4 aromatic heterocycles. The third kappa shape index (κ3) is 9.62. The average Bonchev–Trinajstić information content (AvgIpc) is 3.77. The molecule has 20 heteroatoms. The molecule has 4 heterocycles. The van der Waals surface area contributed by atoms with Crippen molar-refractivity contribution in [1.29, 1.82) is 0 Å². The number of alkyl halides is 2. The number of H-pyrrole nitrogens is 3. The highest BCUT2D eigenvalue weighted by atomic mass is 32.2. The van der Waals surface area contributed by atoms with Gasteiger partial charge in [-0.1, -0.05) is 0 Å². The number of imidazole rings is 2. The van der Waals surface area contributed by atoms with Crippen LogP contribution in [0.25, 0.3) is 22.1 Å². The molecule has 0 spiro atoms. The number of methoxy groups -OCH3 is 3. The molecule has 0 aliphatic carbocycles. The Kier molecular flexibility index (Phi) is 14.1. The third-order valence-electron chi connectivity index (χ3n) is 6.84. The van der Waals surface area contributed by atoms with E-state index in [0.717, 1.165) is 0 Å². The molecule has 52 heavy (non-hydrogen) atoms. The number of fused-ring (bicyclic) bond motifs is 2. The second-order valence-corrected chi connectivity index (χ2v) is 12.6. The van der Waals surface area contributed by atoms with Crippen molar-refractivity contribution in [2.24, 2.45) is 0 Å². The second kappa shape index (κ2) is 18.9. The number of aromatic amines is 3. The van der Waals surface area contributed by atoms with Crippen molar-refractivity contribution in [3.8, 4) is 28.7 Å². The first-order valence-corrected chi connectivity index (χ1v) is 17.3. The molecule has 2 atom stereocenters. The van der Waals surface area contributed by atoms with Crippen molar-refractivity contribution >= 4 is 49.8 Å².